The number of hydrogen-bond donors (Lipinski definition) is 2. The van der Waals surface area contributed by atoms with Crippen molar-refractivity contribution >= 4 is 23.4 Å². The first-order chi connectivity index (χ1) is 14.9. The molecule has 0 aliphatic carbocycles. The Morgan fingerprint density at radius 1 is 1.26 bits per heavy atom. The van der Waals surface area contributed by atoms with Crippen molar-refractivity contribution in [2.24, 2.45) is 0 Å². The predicted octanol–water partition coefficient (Wildman–Crippen LogP) is 1.57. The molecule has 0 spiro atoms. The molecule has 3 amide bonds. The number of ether oxygens (including phenoxy) is 3. The highest BCUT2D eigenvalue weighted by Crippen LogP contribution is 2.32. The molecule has 9 nitrogen and oxygen atoms in total. The van der Waals surface area contributed by atoms with Gasteiger partial charge in [-0.3, -0.25) is 14.4 Å². The Balaban J connectivity index is 1.68. The minimum absolute atomic E-state index is 0.0799. The number of methoxy groups -OCH3 is 1. The summed E-state index contributed by atoms with van der Waals surface area (Å²) in [5, 5.41) is 5.58. The lowest BCUT2D eigenvalue weighted by molar-refractivity contribution is -0.134. The van der Waals surface area contributed by atoms with Gasteiger partial charge in [0.1, 0.15) is 18.5 Å². The molecule has 3 atom stereocenters. The van der Waals surface area contributed by atoms with Crippen molar-refractivity contribution in [2.45, 2.75) is 50.9 Å². The van der Waals surface area contributed by atoms with Gasteiger partial charge in [0, 0.05) is 32.8 Å². The molecule has 0 radical (unpaired) electrons. The van der Waals surface area contributed by atoms with Gasteiger partial charge in [-0.05, 0) is 31.0 Å². The highest BCUT2D eigenvalue weighted by atomic mass is 16.5. The number of benzene rings is 1. The van der Waals surface area contributed by atoms with Crippen molar-refractivity contribution < 1.29 is 28.6 Å². The molecule has 1 aromatic rings. The third-order valence-electron chi connectivity index (χ3n) is 5.66. The quantitative estimate of drug-likeness (QED) is 0.633. The summed E-state index contributed by atoms with van der Waals surface area (Å²) in [6.07, 6.45) is 1.47. The Morgan fingerprint density at radius 2 is 2.06 bits per heavy atom. The Kier molecular flexibility index (Phi) is 7.86. The van der Waals surface area contributed by atoms with Gasteiger partial charge < -0.3 is 29.7 Å². The lowest BCUT2D eigenvalue weighted by Crippen LogP contribution is -2.54. The first-order valence-electron chi connectivity index (χ1n) is 10.7. The molecule has 9 heteroatoms. The highest BCUT2D eigenvalue weighted by molar-refractivity contribution is 5.99. The van der Waals surface area contributed by atoms with Crippen LogP contribution in [-0.4, -0.2) is 74.8 Å². The Labute approximate surface area is 182 Å². The monoisotopic (exact) mass is 433 g/mol. The standard InChI is InChI=1S/C22H31N3O6/c1-4-20(26)24-14-5-8-18-16(11-14)22(28)25(2)17-7-6-15(31-19(17)13-30-18)12-21(27)23-9-10-29-3/h5,8,11,15,17,19H,4,6-7,9-10,12-13H2,1-3H3,(H,23,27)(H,24,26)/t15-,17-,19-/m1/s1. The second-order valence-electron chi connectivity index (χ2n) is 7.83. The minimum Gasteiger partial charge on any atom is -0.490 e. The van der Waals surface area contributed by atoms with E-state index < -0.39 is 0 Å². The van der Waals surface area contributed by atoms with Crippen LogP contribution in [0.25, 0.3) is 0 Å². The van der Waals surface area contributed by atoms with Crippen LogP contribution in [0.4, 0.5) is 5.69 Å². The van der Waals surface area contributed by atoms with Crippen LogP contribution in [-0.2, 0) is 19.1 Å². The fourth-order valence-corrected chi connectivity index (χ4v) is 3.93. The minimum atomic E-state index is -0.327. The van der Waals surface area contributed by atoms with E-state index in [-0.39, 0.29) is 49.0 Å². The van der Waals surface area contributed by atoms with E-state index in [1.54, 1.807) is 44.2 Å². The molecule has 0 aromatic heterocycles. The number of likely N-dealkylation sites (N-methyl/N-ethyl adjacent to an activating group) is 1. The van der Waals surface area contributed by atoms with Crippen LogP contribution in [0.1, 0.15) is 43.0 Å². The number of amides is 3. The average Bonchev–Trinajstić information content (AvgIpc) is 2.76. The smallest absolute Gasteiger partial charge is 0.257 e. The lowest BCUT2D eigenvalue weighted by atomic mass is 9.94. The van der Waals surface area contributed by atoms with E-state index in [1.807, 2.05) is 0 Å². The van der Waals surface area contributed by atoms with Crippen LogP contribution in [0.2, 0.25) is 0 Å². The summed E-state index contributed by atoms with van der Waals surface area (Å²) in [6, 6.07) is 4.91. The molecule has 1 aromatic carbocycles. The van der Waals surface area contributed by atoms with Crippen LogP contribution >= 0.6 is 0 Å². The Bertz CT molecular complexity index is 814. The Hall–Kier alpha value is -2.65. The molecule has 0 saturated carbocycles. The zero-order chi connectivity index (χ0) is 22.4. The number of carbonyl (C=O) groups excluding carboxylic acids is 3. The normalized spacial score (nSPS) is 23.0. The fraction of sp³-hybridized carbons (Fsp3) is 0.591. The second-order valence-corrected chi connectivity index (χ2v) is 7.83. The molecule has 0 unspecified atom stereocenters. The van der Waals surface area contributed by atoms with Crippen molar-refractivity contribution in [1.82, 2.24) is 10.2 Å². The van der Waals surface area contributed by atoms with Gasteiger partial charge in [-0.25, -0.2) is 0 Å². The molecule has 1 fully saturated rings. The number of carbonyl (C=O) groups is 3. The van der Waals surface area contributed by atoms with E-state index >= 15 is 0 Å². The zero-order valence-corrected chi connectivity index (χ0v) is 18.3. The van der Waals surface area contributed by atoms with Crippen LogP contribution in [0.3, 0.4) is 0 Å². The maximum Gasteiger partial charge on any atom is 0.257 e. The number of nitrogens with one attached hydrogen (secondary N) is 2. The van der Waals surface area contributed by atoms with Crippen molar-refractivity contribution in [2.75, 3.05) is 39.2 Å². The number of anilines is 1. The van der Waals surface area contributed by atoms with Crippen molar-refractivity contribution in [3.8, 4) is 5.75 Å². The largest absolute Gasteiger partial charge is 0.490 e. The summed E-state index contributed by atoms with van der Waals surface area (Å²) >= 11 is 0. The molecule has 3 rings (SSSR count). The summed E-state index contributed by atoms with van der Waals surface area (Å²) in [7, 11) is 3.34. The van der Waals surface area contributed by atoms with Gasteiger partial charge in [-0.2, -0.15) is 0 Å². The summed E-state index contributed by atoms with van der Waals surface area (Å²) in [5.74, 6) is 0.0683. The van der Waals surface area contributed by atoms with Crippen molar-refractivity contribution in [3.63, 3.8) is 0 Å². The third kappa shape index (κ3) is 5.74. The maximum absolute atomic E-state index is 13.2. The van der Waals surface area contributed by atoms with Gasteiger partial charge >= 0.3 is 0 Å². The van der Waals surface area contributed by atoms with Crippen molar-refractivity contribution in [3.05, 3.63) is 23.8 Å². The SMILES string of the molecule is CCC(=O)Nc1ccc2c(c1)C(=O)N(C)[C@@H]1CC[C@H](CC(=O)NCCOC)O[C@@H]1CO2. The number of rotatable bonds is 7. The predicted molar refractivity (Wildman–Crippen MR) is 114 cm³/mol. The number of nitrogens with zero attached hydrogens (tertiary/aromatic N) is 1. The van der Waals surface area contributed by atoms with E-state index in [4.69, 9.17) is 14.2 Å². The van der Waals surface area contributed by atoms with Crippen molar-refractivity contribution in [1.29, 1.82) is 0 Å². The summed E-state index contributed by atoms with van der Waals surface area (Å²) in [6.45, 7) is 2.97. The van der Waals surface area contributed by atoms with Crippen LogP contribution < -0.4 is 15.4 Å². The molecular weight excluding hydrogens is 402 g/mol. The van der Waals surface area contributed by atoms with Gasteiger partial charge in [0.05, 0.1) is 30.7 Å². The summed E-state index contributed by atoms with van der Waals surface area (Å²) in [4.78, 5) is 38.7. The van der Waals surface area contributed by atoms with E-state index in [1.165, 1.54) is 0 Å². The average molecular weight is 434 g/mol. The molecular formula is C22H31N3O6. The van der Waals surface area contributed by atoms with E-state index in [0.29, 0.717) is 49.4 Å². The summed E-state index contributed by atoms with van der Waals surface area (Å²) < 4.78 is 17.0. The molecule has 2 aliphatic heterocycles. The van der Waals surface area contributed by atoms with Gasteiger partial charge in [0.2, 0.25) is 11.8 Å². The summed E-state index contributed by atoms with van der Waals surface area (Å²) in [5.41, 5.74) is 0.974. The zero-order valence-electron chi connectivity index (χ0n) is 18.3. The first-order valence-corrected chi connectivity index (χ1v) is 10.7. The second kappa shape index (κ2) is 10.6. The third-order valence-corrected chi connectivity index (χ3v) is 5.66. The molecule has 170 valence electrons. The van der Waals surface area contributed by atoms with Gasteiger partial charge in [-0.1, -0.05) is 6.92 Å². The van der Waals surface area contributed by atoms with E-state index in [2.05, 4.69) is 10.6 Å². The number of hydrogen-bond acceptors (Lipinski definition) is 6. The van der Waals surface area contributed by atoms with Crippen LogP contribution in [0.15, 0.2) is 18.2 Å². The molecule has 31 heavy (non-hydrogen) atoms. The number of fused-ring (bicyclic) bond motifs is 2. The molecule has 1 saturated heterocycles. The van der Waals surface area contributed by atoms with Gasteiger partial charge in [0.25, 0.3) is 5.91 Å². The molecule has 0 bridgehead atoms. The fourth-order valence-electron chi connectivity index (χ4n) is 3.93. The molecule has 2 aliphatic rings. The Morgan fingerprint density at radius 3 is 2.81 bits per heavy atom. The molecule has 2 heterocycles. The maximum atomic E-state index is 13.2. The van der Waals surface area contributed by atoms with E-state index in [9.17, 15) is 14.4 Å². The van der Waals surface area contributed by atoms with Gasteiger partial charge in [-0.15, -0.1) is 0 Å². The van der Waals surface area contributed by atoms with Gasteiger partial charge in [0.15, 0.2) is 0 Å². The first kappa shape index (κ1) is 23.0. The topological polar surface area (TPSA) is 106 Å². The molecule has 2 N–H and O–H groups in total. The highest BCUT2D eigenvalue weighted by Gasteiger charge is 2.39. The lowest BCUT2D eigenvalue weighted by Gasteiger charge is -2.42. The van der Waals surface area contributed by atoms with Crippen LogP contribution in [0.5, 0.6) is 5.75 Å². The van der Waals surface area contributed by atoms with E-state index in [0.717, 1.165) is 0 Å². The van der Waals surface area contributed by atoms with Crippen LogP contribution in [0, 0.1) is 0 Å².